The van der Waals surface area contributed by atoms with E-state index in [1.807, 2.05) is 0 Å². The van der Waals surface area contributed by atoms with Gasteiger partial charge in [-0.1, -0.05) is 19.3 Å². The van der Waals surface area contributed by atoms with Crippen LogP contribution in [0.2, 0.25) is 0 Å². The summed E-state index contributed by atoms with van der Waals surface area (Å²) in [6.45, 7) is 5.64. The van der Waals surface area contributed by atoms with Crippen LogP contribution in [0.1, 0.15) is 53.8 Å². The van der Waals surface area contributed by atoms with Crippen molar-refractivity contribution in [2.24, 2.45) is 5.92 Å². The normalized spacial score (nSPS) is 16.8. The van der Waals surface area contributed by atoms with Crippen molar-refractivity contribution >= 4 is 5.78 Å². The van der Waals surface area contributed by atoms with Crippen LogP contribution in [0, 0.1) is 19.8 Å². The molecule has 0 saturated heterocycles. The smallest absolute Gasteiger partial charge is 0.167 e. The van der Waals surface area contributed by atoms with Gasteiger partial charge in [-0.15, -0.1) is 0 Å². The predicted molar refractivity (Wildman–Crippen MR) is 76.7 cm³/mol. The molecule has 0 aromatic carbocycles. The zero-order valence-electron chi connectivity index (χ0n) is 12.4. The molecule has 1 fully saturated rings. The largest absolute Gasteiger partial charge is 0.383 e. The summed E-state index contributed by atoms with van der Waals surface area (Å²) in [4.78, 5) is 12.6. The van der Waals surface area contributed by atoms with E-state index < -0.39 is 0 Å². The van der Waals surface area contributed by atoms with Gasteiger partial charge in [0.2, 0.25) is 0 Å². The summed E-state index contributed by atoms with van der Waals surface area (Å²) in [5.41, 5.74) is 3.19. The van der Waals surface area contributed by atoms with Crippen molar-refractivity contribution in [3.8, 4) is 0 Å². The molecule has 0 atom stereocenters. The lowest BCUT2D eigenvalue weighted by Crippen LogP contribution is -2.18. The number of aryl methyl sites for hydroxylation is 1. The van der Waals surface area contributed by atoms with Crippen LogP contribution < -0.4 is 0 Å². The van der Waals surface area contributed by atoms with E-state index >= 15 is 0 Å². The van der Waals surface area contributed by atoms with Gasteiger partial charge in [0.15, 0.2) is 5.78 Å². The number of hydrogen-bond acceptors (Lipinski definition) is 2. The SMILES string of the molecule is COCCn1c(C)cc(C(=O)C2CCCCC2)c1C. The van der Waals surface area contributed by atoms with Crippen molar-refractivity contribution in [3.63, 3.8) is 0 Å². The number of nitrogens with zero attached hydrogens (tertiary/aromatic N) is 1. The van der Waals surface area contributed by atoms with Gasteiger partial charge in [0.25, 0.3) is 0 Å². The van der Waals surface area contributed by atoms with Crippen molar-refractivity contribution in [2.45, 2.75) is 52.5 Å². The van der Waals surface area contributed by atoms with E-state index in [1.54, 1.807) is 7.11 Å². The fourth-order valence-electron chi connectivity index (χ4n) is 3.16. The first-order valence-electron chi connectivity index (χ1n) is 7.35. The number of carbonyl (C=O) groups excluding carboxylic acids is 1. The zero-order chi connectivity index (χ0) is 13.8. The first-order valence-corrected chi connectivity index (χ1v) is 7.35. The first-order chi connectivity index (χ1) is 9.15. The Morgan fingerprint density at radius 2 is 2.00 bits per heavy atom. The molecule has 1 aliphatic rings. The van der Waals surface area contributed by atoms with E-state index in [1.165, 1.54) is 19.3 Å². The molecule has 3 heteroatoms. The van der Waals surface area contributed by atoms with Gasteiger partial charge in [-0.3, -0.25) is 4.79 Å². The second-order valence-corrected chi connectivity index (χ2v) is 5.63. The Labute approximate surface area is 115 Å². The van der Waals surface area contributed by atoms with Crippen LogP contribution in [0.4, 0.5) is 0 Å². The van der Waals surface area contributed by atoms with Crippen LogP contribution in [-0.2, 0) is 11.3 Å². The molecule has 1 saturated carbocycles. The topological polar surface area (TPSA) is 31.2 Å². The van der Waals surface area contributed by atoms with Gasteiger partial charge in [0.1, 0.15) is 0 Å². The first kappa shape index (κ1) is 14.3. The second-order valence-electron chi connectivity index (χ2n) is 5.63. The van der Waals surface area contributed by atoms with Gasteiger partial charge < -0.3 is 9.30 Å². The molecule has 3 nitrogen and oxygen atoms in total. The van der Waals surface area contributed by atoms with Crippen molar-refractivity contribution in [3.05, 3.63) is 23.0 Å². The third-order valence-corrected chi connectivity index (χ3v) is 4.33. The lowest BCUT2D eigenvalue weighted by molar-refractivity contribution is 0.0888. The quantitative estimate of drug-likeness (QED) is 0.761. The average Bonchev–Trinajstić information content (AvgIpc) is 2.72. The highest BCUT2D eigenvalue weighted by atomic mass is 16.5. The van der Waals surface area contributed by atoms with Crippen LogP contribution in [-0.4, -0.2) is 24.1 Å². The van der Waals surface area contributed by atoms with Gasteiger partial charge in [0.05, 0.1) is 6.61 Å². The summed E-state index contributed by atoms with van der Waals surface area (Å²) in [5, 5.41) is 0. The van der Waals surface area contributed by atoms with E-state index in [-0.39, 0.29) is 5.92 Å². The summed E-state index contributed by atoms with van der Waals surface area (Å²) in [6, 6.07) is 2.06. The maximum absolute atomic E-state index is 12.6. The molecule has 0 spiro atoms. The van der Waals surface area contributed by atoms with E-state index in [9.17, 15) is 4.79 Å². The summed E-state index contributed by atoms with van der Waals surface area (Å²) < 4.78 is 7.33. The summed E-state index contributed by atoms with van der Waals surface area (Å²) in [6.07, 6.45) is 5.84. The predicted octanol–water partition coefficient (Wildman–Crippen LogP) is 3.51. The number of carbonyl (C=O) groups is 1. The Morgan fingerprint density at radius 3 is 2.63 bits per heavy atom. The Balaban J connectivity index is 2.17. The van der Waals surface area contributed by atoms with Gasteiger partial charge in [-0.2, -0.15) is 0 Å². The van der Waals surface area contributed by atoms with E-state index in [0.717, 1.165) is 36.3 Å². The Hall–Kier alpha value is -1.09. The van der Waals surface area contributed by atoms with Gasteiger partial charge in [-0.25, -0.2) is 0 Å². The molecule has 2 rings (SSSR count). The lowest BCUT2D eigenvalue weighted by Gasteiger charge is -2.20. The third-order valence-electron chi connectivity index (χ3n) is 4.33. The summed E-state index contributed by atoms with van der Waals surface area (Å²) in [5.74, 6) is 0.613. The van der Waals surface area contributed by atoms with Crippen molar-refractivity contribution in [2.75, 3.05) is 13.7 Å². The van der Waals surface area contributed by atoms with Crippen LogP contribution in [0.3, 0.4) is 0 Å². The second kappa shape index (κ2) is 6.38. The molecular formula is C16H25NO2. The molecule has 0 unspecified atom stereocenters. The van der Waals surface area contributed by atoms with Crippen molar-refractivity contribution in [1.82, 2.24) is 4.57 Å². The van der Waals surface area contributed by atoms with Crippen LogP contribution in [0.5, 0.6) is 0 Å². The molecule has 0 N–H and O–H groups in total. The highest BCUT2D eigenvalue weighted by Crippen LogP contribution is 2.28. The molecule has 0 amide bonds. The van der Waals surface area contributed by atoms with Crippen molar-refractivity contribution < 1.29 is 9.53 Å². The molecule has 0 radical (unpaired) electrons. The van der Waals surface area contributed by atoms with Gasteiger partial charge in [-0.05, 0) is 32.8 Å². The van der Waals surface area contributed by atoms with E-state index in [0.29, 0.717) is 12.4 Å². The van der Waals surface area contributed by atoms with Crippen LogP contribution in [0.25, 0.3) is 0 Å². The fraction of sp³-hybridized carbons (Fsp3) is 0.688. The molecule has 19 heavy (non-hydrogen) atoms. The summed E-state index contributed by atoms with van der Waals surface area (Å²) in [7, 11) is 1.71. The van der Waals surface area contributed by atoms with Crippen molar-refractivity contribution in [1.29, 1.82) is 0 Å². The minimum absolute atomic E-state index is 0.255. The number of ether oxygens (including phenoxy) is 1. The fourth-order valence-corrected chi connectivity index (χ4v) is 3.16. The number of methoxy groups -OCH3 is 1. The third kappa shape index (κ3) is 3.08. The van der Waals surface area contributed by atoms with E-state index in [4.69, 9.17) is 4.74 Å². The number of aromatic nitrogens is 1. The highest BCUT2D eigenvalue weighted by Gasteiger charge is 2.25. The Morgan fingerprint density at radius 1 is 1.32 bits per heavy atom. The number of Topliss-reactive ketones (excluding diaryl/α,β-unsaturated/α-hetero) is 1. The average molecular weight is 263 g/mol. The zero-order valence-corrected chi connectivity index (χ0v) is 12.4. The number of ketones is 1. The molecule has 0 aliphatic heterocycles. The molecule has 106 valence electrons. The minimum Gasteiger partial charge on any atom is -0.383 e. The molecule has 0 bridgehead atoms. The lowest BCUT2D eigenvalue weighted by atomic mass is 9.84. The molecule has 1 heterocycles. The van der Waals surface area contributed by atoms with Gasteiger partial charge in [0, 0.05) is 36.5 Å². The highest BCUT2D eigenvalue weighted by molar-refractivity contribution is 5.99. The monoisotopic (exact) mass is 263 g/mol. The molecular weight excluding hydrogens is 238 g/mol. The maximum Gasteiger partial charge on any atom is 0.167 e. The maximum atomic E-state index is 12.6. The number of hydrogen-bond donors (Lipinski definition) is 0. The number of rotatable bonds is 5. The minimum atomic E-state index is 0.255. The molecule has 1 aliphatic carbocycles. The van der Waals surface area contributed by atoms with Crippen LogP contribution >= 0.6 is 0 Å². The molecule has 1 aromatic heterocycles. The molecule has 1 aromatic rings. The van der Waals surface area contributed by atoms with Crippen LogP contribution in [0.15, 0.2) is 6.07 Å². The summed E-state index contributed by atoms with van der Waals surface area (Å²) >= 11 is 0. The van der Waals surface area contributed by atoms with E-state index in [2.05, 4.69) is 24.5 Å². The van der Waals surface area contributed by atoms with Gasteiger partial charge >= 0.3 is 0 Å². The standard InChI is InChI=1S/C16H25NO2/c1-12-11-15(13(2)17(12)9-10-19-3)16(18)14-7-5-4-6-8-14/h11,14H,4-10H2,1-3H3. The Bertz CT molecular complexity index is 442. The Kier molecular flexibility index (Phi) is 4.81.